The first-order valence-electron chi connectivity index (χ1n) is 18.3. The fraction of sp³-hybridized carbons (Fsp3) is 0.0600. The first-order chi connectivity index (χ1) is 26.0. The highest BCUT2D eigenvalue weighted by Crippen LogP contribution is 2.51. The lowest BCUT2D eigenvalue weighted by Crippen LogP contribution is -2.17. The van der Waals surface area contributed by atoms with E-state index in [1.165, 1.54) is 66.4 Å². The van der Waals surface area contributed by atoms with E-state index in [0.717, 1.165) is 22.6 Å². The molecule has 3 heteroatoms. The minimum absolute atomic E-state index is 0.205. The van der Waals surface area contributed by atoms with Crippen LogP contribution in [0, 0.1) is 0 Å². The van der Waals surface area contributed by atoms with Gasteiger partial charge in [0.1, 0.15) is 0 Å². The fourth-order valence-electron chi connectivity index (χ4n) is 8.42. The smallest absolute Gasteiger partial charge is 0.0541 e. The van der Waals surface area contributed by atoms with Crippen LogP contribution in [0.25, 0.3) is 60.9 Å². The van der Waals surface area contributed by atoms with Gasteiger partial charge in [0, 0.05) is 51.3 Å². The van der Waals surface area contributed by atoms with Crippen molar-refractivity contribution < 1.29 is 0 Å². The third kappa shape index (κ3) is 5.08. The summed E-state index contributed by atoms with van der Waals surface area (Å²) in [6.07, 6.45) is 3.69. The second-order valence-corrected chi connectivity index (χ2v) is 14.5. The Morgan fingerprint density at radius 2 is 0.906 bits per heavy atom. The largest absolute Gasteiger partial charge is 0.310 e. The molecule has 0 N–H and O–H groups in total. The van der Waals surface area contributed by atoms with Crippen molar-refractivity contribution in [2.24, 2.45) is 0 Å². The zero-order chi connectivity index (χ0) is 35.5. The standard InChI is InChI=1S/C50H37N3/c1-50(2)46-32-40(24-26-42(46)43-27-25-41(33-47(43)50)53-48-14-8-6-12-44(48)45-13-7-9-15-49(45)53)52(38-20-16-35(17-21-38)34-10-4-3-5-11-34)39-22-18-36(19-23-39)37-28-30-51-31-29-37/h3-33H,1-2H3. The lowest BCUT2D eigenvalue weighted by atomic mass is 9.82. The van der Waals surface area contributed by atoms with E-state index in [1.54, 1.807) is 0 Å². The summed E-state index contributed by atoms with van der Waals surface area (Å²) in [6, 6.07) is 64.1. The summed E-state index contributed by atoms with van der Waals surface area (Å²) >= 11 is 0. The molecule has 252 valence electrons. The van der Waals surface area contributed by atoms with Gasteiger partial charge in [-0.05, 0) is 117 Å². The summed E-state index contributed by atoms with van der Waals surface area (Å²) in [5.41, 5.74) is 16.8. The molecule has 2 aromatic heterocycles. The number of rotatable bonds is 6. The Morgan fingerprint density at radius 1 is 0.434 bits per heavy atom. The maximum absolute atomic E-state index is 4.21. The van der Waals surface area contributed by atoms with E-state index in [2.05, 4.69) is 204 Å². The van der Waals surface area contributed by atoms with E-state index < -0.39 is 0 Å². The van der Waals surface area contributed by atoms with Gasteiger partial charge in [-0.3, -0.25) is 4.98 Å². The molecular formula is C50H37N3. The molecule has 0 amide bonds. The van der Waals surface area contributed by atoms with Crippen molar-refractivity contribution in [2.75, 3.05) is 4.90 Å². The Kier molecular flexibility index (Phi) is 7.16. The van der Waals surface area contributed by atoms with Gasteiger partial charge in [-0.1, -0.05) is 117 Å². The van der Waals surface area contributed by atoms with E-state index in [9.17, 15) is 0 Å². The number of pyridine rings is 1. The number of anilines is 3. The highest BCUT2D eigenvalue weighted by molar-refractivity contribution is 6.09. The van der Waals surface area contributed by atoms with Gasteiger partial charge < -0.3 is 9.47 Å². The van der Waals surface area contributed by atoms with Gasteiger partial charge in [-0.15, -0.1) is 0 Å². The second kappa shape index (κ2) is 12.2. The van der Waals surface area contributed by atoms with E-state index >= 15 is 0 Å². The molecule has 0 aliphatic heterocycles. The Morgan fingerprint density at radius 3 is 1.51 bits per heavy atom. The fourth-order valence-corrected chi connectivity index (χ4v) is 8.42. The predicted molar refractivity (Wildman–Crippen MR) is 222 cm³/mol. The normalized spacial score (nSPS) is 12.9. The monoisotopic (exact) mass is 679 g/mol. The van der Waals surface area contributed by atoms with Crippen LogP contribution in [0.4, 0.5) is 17.1 Å². The molecule has 0 saturated heterocycles. The van der Waals surface area contributed by atoms with Crippen molar-refractivity contribution in [3.63, 3.8) is 0 Å². The Hall–Kier alpha value is -6.71. The first-order valence-corrected chi connectivity index (χ1v) is 18.3. The lowest BCUT2D eigenvalue weighted by molar-refractivity contribution is 0.660. The van der Waals surface area contributed by atoms with Crippen LogP contribution < -0.4 is 4.90 Å². The number of hydrogen-bond acceptors (Lipinski definition) is 2. The van der Waals surface area contributed by atoms with Gasteiger partial charge in [0.05, 0.1) is 11.0 Å². The zero-order valence-electron chi connectivity index (χ0n) is 29.7. The molecule has 0 radical (unpaired) electrons. The molecular weight excluding hydrogens is 643 g/mol. The molecule has 0 saturated carbocycles. The van der Waals surface area contributed by atoms with Gasteiger partial charge in [-0.25, -0.2) is 0 Å². The number of benzene rings is 7. The van der Waals surface area contributed by atoms with Crippen molar-refractivity contribution in [1.29, 1.82) is 0 Å². The van der Waals surface area contributed by atoms with Gasteiger partial charge in [0.25, 0.3) is 0 Å². The maximum atomic E-state index is 4.21. The average Bonchev–Trinajstić information content (AvgIpc) is 3.67. The van der Waals surface area contributed by atoms with Crippen LogP contribution in [-0.2, 0) is 5.41 Å². The maximum Gasteiger partial charge on any atom is 0.0541 e. The third-order valence-electron chi connectivity index (χ3n) is 11.1. The van der Waals surface area contributed by atoms with Gasteiger partial charge >= 0.3 is 0 Å². The lowest BCUT2D eigenvalue weighted by Gasteiger charge is -2.28. The Bertz CT molecular complexity index is 2640. The molecule has 0 bridgehead atoms. The van der Waals surface area contributed by atoms with Crippen molar-refractivity contribution in [2.45, 2.75) is 19.3 Å². The van der Waals surface area contributed by atoms with Crippen LogP contribution in [0.1, 0.15) is 25.0 Å². The van der Waals surface area contributed by atoms with E-state index in [-0.39, 0.29) is 5.41 Å². The number of hydrogen-bond donors (Lipinski definition) is 0. The minimum Gasteiger partial charge on any atom is -0.310 e. The number of aromatic nitrogens is 2. The van der Waals surface area contributed by atoms with E-state index in [4.69, 9.17) is 0 Å². The van der Waals surface area contributed by atoms with Crippen LogP contribution in [0.15, 0.2) is 188 Å². The molecule has 3 nitrogen and oxygen atoms in total. The quantitative estimate of drug-likeness (QED) is 0.174. The summed E-state index contributed by atoms with van der Waals surface area (Å²) in [7, 11) is 0. The predicted octanol–water partition coefficient (Wildman–Crippen LogP) is 13.3. The molecule has 0 atom stereocenters. The van der Waals surface area contributed by atoms with Gasteiger partial charge in [0.2, 0.25) is 0 Å². The highest BCUT2D eigenvalue weighted by Gasteiger charge is 2.36. The number of para-hydroxylation sites is 2. The van der Waals surface area contributed by atoms with Crippen molar-refractivity contribution in [3.8, 4) is 39.1 Å². The topological polar surface area (TPSA) is 21.1 Å². The number of nitrogens with zero attached hydrogens (tertiary/aromatic N) is 3. The SMILES string of the molecule is CC1(C)c2cc(N(c3ccc(-c4ccccc4)cc3)c3ccc(-c4ccncc4)cc3)ccc2-c2ccc(-n3c4ccccc4c4ccccc43)cc21. The molecule has 53 heavy (non-hydrogen) atoms. The van der Waals surface area contributed by atoms with Crippen molar-refractivity contribution in [1.82, 2.24) is 9.55 Å². The number of fused-ring (bicyclic) bond motifs is 6. The minimum atomic E-state index is -0.205. The summed E-state index contributed by atoms with van der Waals surface area (Å²) in [4.78, 5) is 6.60. The van der Waals surface area contributed by atoms with Gasteiger partial charge in [-0.2, -0.15) is 0 Å². The van der Waals surface area contributed by atoms with Crippen molar-refractivity contribution >= 4 is 38.9 Å². The Balaban J connectivity index is 1.08. The van der Waals surface area contributed by atoms with E-state index in [0.29, 0.717) is 0 Å². The van der Waals surface area contributed by atoms with Gasteiger partial charge in [0.15, 0.2) is 0 Å². The molecule has 7 aromatic carbocycles. The molecule has 1 aliphatic carbocycles. The summed E-state index contributed by atoms with van der Waals surface area (Å²) in [6.45, 7) is 4.75. The molecule has 2 heterocycles. The molecule has 10 rings (SSSR count). The summed E-state index contributed by atoms with van der Waals surface area (Å²) in [5.74, 6) is 0. The van der Waals surface area contributed by atoms with E-state index in [1.807, 2.05) is 12.4 Å². The van der Waals surface area contributed by atoms with Crippen molar-refractivity contribution in [3.05, 3.63) is 199 Å². The summed E-state index contributed by atoms with van der Waals surface area (Å²) < 4.78 is 2.42. The highest BCUT2D eigenvalue weighted by atomic mass is 15.1. The molecule has 0 spiro atoms. The molecule has 9 aromatic rings. The zero-order valence-corrected chi connectivity index (χ0v) is 29.7. The second-order valence-electron chi connectivity index (χ2n) is 14.5. The first kappa shape index (κ1) is 31.1. The molecule has 1 aliphatic rings. The van der Waals surface area contributed by atoms with Crippen LogP contribution in [-0.4, -0.2) is 9.55 Å². The average molecular weight is 680 g/mol. The van der Waals surface area contributed by atoms with Crippen LogP contribution in [0.2, 0.25) is 0 Å². The molecule has 0 unspecified atom stereocenters. The van der Waals surface area contributed by atoms with Crippen LogP contribution in [0.5, 0.6) is 0 Å². The molecule has 0 fully saturated rings. The Labute approximate surface area is 310 Å². The van der Waals surface area contributed by atoms with Crippen LogP contribution >= 0.6 is 0 Å². The van der Waals surface area contributed by atoms with Crippen LogP contribution in [0.3, 0.4) is 0 Å². The third-order valence-corrected chi connectivity index (χ3v) is 11.1. The summed E-state index contributed by atoms with van der Waals surface area (Å²) in [5, 5.41) is 2.56.